The zero-order chi connectivity index (χ0) is 31.2. The molecule has 5 rings (SSSR count). The number of hydrogen-bond acceptors (Lipinski definition) is 5. The van der Waals surface area contributed by atoms with E-state index in [-0.39, 0.29) is 35.6 Å². The van der Waals surface area contributed by atoms with Crippen LogP contribution in [0.3, 0.4) is 0 Å². The maximum Gasteiger partial charge on any atom is 0.430 e. The molecule has 2 atom stereocenters. The molecule has 0 radical (unpaired) electrons. The second-order valence-corrected chi connectivity index (χ2v) is 12.9. The minimum Gasteiger partial charge on any atom is -0.490 e. The minimum absolute atomic E-state index is 0.0358. The molecule has 3 aliphatic rings. The summed E-state index contributed by atoms with van der Waals surface area (Å²) in [6, 6.07) is 10.6. The molecule has 1 unspecified atom stereocenters. The van der Waals surface area contributed by atoms with Crippen LogP contribution in [0.15, 0.2) is 42.5 Å². The van der Waals surface area contributed by atoms with Gasteiger partial charge in [0, 0.05) is 52.0 Å². The molecule has 2 saturated carbocycles. The number of carbonyl (C=O) groups excluding carboxylic acids is 2. The Bertz CT molecular complexity index is 1360. The van der Waals surface area contributed by atoms with Gasteiger partial charge in [-0.2, -0.15) is 13.2 Å². The first kappa shape index (κ1) is 31.4. The maximum atomic E-state index is 14.3. The molecular weight excluding hydrogens is 583 g/mol. The van der Waals surface area contributed by atoms with Crippen molar-refractivity contribution in [1.82, 2.24) is 9.80 Å². The third kappa shape index (κ3) is 6.18. The summed E-state index contributed by atoms with van der Waals surface area (Å²) in [4.78, 5) is 30.3. The van der Waals surface area contributed by atoms with Gasteiger partial charge in [0.2, 0.25) is 0 Å². The van der Waals surface area contributed by atoms with Crippen molar-refractivity contribution in [1.29, 1.82) is 0 Å². The molecule has 0 bridgehead atoms. The first-order valence-corrected chi connectivity index (χ1v) is 15.2. The zero-order valence-corrected chi connectivity index (χ0v) is 25.5. The van der Waals surface area contributed by atoms with Gasteiger partial charge >= 0.3 is 6.18 Å². The molecule has 2 amide bonds. The quantitative estimate of drug-likeness (QED) is 0.379. The van der Waals surface area contributed by atoms with Crippen LogP contribution in [0.1, 0.15) is 60.9 Å². The molecule has 43 heavy (non-hydrogen) atoms. The van der Waals surface area contributed by atoms with Crippen LogP contribution in [0.25, 0.3) is 0 Å². The number of anilines is 1. The zero-order valence-electron chi connectivity index (χ0n) is 24.8. The van der Waals surface area contributed by atoms with Crippen molar-refractivity contribution >= 4 is 29.1 Å². The Morgan fingerprint density at radius 2 is 1.74 bits per heavy atom. The Morgan fingerprint density at radius 1 is 1.05 bits per heavy atom. The van der Waals surface area contributed by atoms with Gasteiger partial charge in [-0.3, -0.25) is 9.59 Å². The highest BCUT2D eigenvalue weighted by Crippen LogP contribution is 2.55. The smallest absolute Gasteiger partial charge is 0.430 e. The van der Waals surface area contributed by atoms with Crippen LogP contribution in [0.4, 0.5) is 18.9 Å². The molecule has 1 saturated heterocycles. The molecule has 2 aromatic rings. The number of rotatable bonds is 9. The van der Waals surface area contributed by atoms with Gasteiger partial charge < -0.3 is 24.5 Å². The van der Waals surface area contributed by atoms with E-state index in [9.17, 15) is 27.9 Å². The Morgan fingerprint density at radius 3 is 2.30 bits per heavy atom. The van der Waals surface area contributed by atoms with Gasteiger partial charge in [-0.05, 0) is 86.6 Å². The molecule has 1 aliphatic heterocycles. The van der Waals surface area contributed by atoms with Crippen molar-refractivity contribution in [2.24, 2.45) is 11.3 Å². The van der Waals surface area contributed by atoms with Crippen LogP contribution >= 0.6 is 11.6 Å². The van der Waals surface area contributed by atoms with Crippen LogP contribution in [0.2, 0.25) is 5.02 Å². The molecule has 234 valence electrons. The van der Waals surface area contributed by atoms with E-state index in [1.54, 1.807) is 20.2 Å². The highest BCUT2D eigenvalue weighted by atomic mass is 35.5. The van der Waals surface area contributed by atoms with E-state index in [0.717, 1.165) is 74.3 Å². The first-order valence-electron chi connectivity index (χ1n) is 14.8. The first-order chi connectivity index (χ1) is 20.2. The molecule has 0 aromatic heterocycles. The fraction of sp³-hybridized carbons (Fsp3) is 0.562. The second-order valence-electron chi connectivity index (χ2n) is 12.5. The molecule has 7 nitrogen and oxygen atoms in total. The fourth-order valence-electron chi connectivity index (χ4n) is 6.50. The van der Waals surface area contributed by atoms with Gasteiger partial charge in [0.15, 0.2) is 0 Å². The highest BCUT2D eigenvalue weighted by Gasteiger charge is 2.62. The van der Waals surface area contributed by atoms with Crippen LogP contribution in [-0.2, 0) is 10.4 Å². The second kappa shape index (κ2) is 11.8. The molecule has 2 aromatic carbocycles. The predicted molar refractivity (Wildman–Crippen MR) is 158 cm³/mol. The number of amides is 2. The number of carbonyl (C=O) groups is 2. The third-order valence-electron chi connectivity index (χ3n) is 9.53. The SMILES string of the molecule is CN(C)C(=O)c1ccc(N2CCC3(CCC3CCN(C)C(=O)[C@](O)(c3cccc(OC4CC4)c3)C(F)(F)F)CC2)cc1Cl. The summed E-state index contributed by atoms with van der Waals surface area (Å²) in [6.45, 7) is 1.72. The molecule has 3 fully saturated rings. The van der Waals surface area contributed by atoms with Crippen LogP contribution in [0, 0.1) is 11.3 Å². The summed E-state index contributed by atoms with van der Waals surface area (Å²) in [5.41, 5.74) is -2.71. The number of hydrogen-bond donors (Lipinski definition) is 1. The van der Waals surface area contributed by atoms with Crippen LogP contribution in [-0.4, -0.2) is 79.8 Å². The monoisotopic (exact) mass is 621 g/mol. The Labute approximate surface area is 255 Å². The number of aliphatic hydroxyl groups is 1. The Balaban J connectivity index is 1.20. The van der Waals surface area contributed by atoms with E-state index in [1.165, 1.54) is 24.1 Å². The van der Waals surface area contributed by atoms with E-state index >= 15 is 0 Å². The summed E-state index contributed by atoms with van der Waals surface area (Å²) >= 11 is 6.43. The summed E-state index contributed by atoms with van der Waals surface area (Å²) in [6.07, 6.45) is 0.826. The van der Waals surface area contributed by atoms with E-state index in [4.69, 9.17) is 16.3 Å². The van der Waals surface area contributed by atoms with Crippen molar-refractivity contribution in [2.45, 2.75) is 62.8 Å². The summed E-state index contributed by atoms with van der Waals surface area (Å²) in [5.74, 6) is -1.05. The average Bonchev–Trinajstić information content (AvgIpc) is 3.78. The average molecular weight is 622 g/mol. The summed E-state index contributed by atoms with van der Waals surface area (Å²) in [7, 11) is 4.69. The fourth-order valence-corrected chi connectivity index (χ4v) is 6.75. The number of ether oxygens (including phenoxy) is 1. The van der Waals surface area contributed by atoms with E-state index in [2.05, 4.69) is 4.90 Å². The van der Waals surface area contributed by atoms with E-state index in [1.807, 2.05) is 12.1 Å². The number of benzene rings is 2. The molecule has 1 heterocycles. The number of halogens is 4. The predicted octanol–water partition coefficient (Wildman–Crippen LogP) is 5.88. The van der Waals surface area contributed by atoms with Crippen molar-refractivity contribution in [2.75, 3.05) is 45.7 Å². The Kier molecular flexibility index (Phi) is 8.66. The van der Waals surface area contributed by atoms with Gasteiger partial charge in [0.1, 0.15) is 5.75 Å². The molecule has 11 heteroatoms. The largest absolute Gasteiger partial charge is 0.490 e. The highest BCUT2D eigenvalue weighted by molar-refractivity contribution is 6.34. The number of piperidine rings is 1. The topological polar surface area (TPSA) is 73.3 Å². The normalized spacial score (nSPS) is 21.1. The lowest BCUT2D eigenvalue weighted by Gasteiger charge is -2.55. The standard InChI is InChI=1S/C32H39ClF3N3O4/c1-37(2)28(40)26-10-7-23(20-27(26)33)39-17-14-30(15-18-39)13-11-21(30)12-16-38(3)29(41)31(42,32(34,35)36)22-5-4-6-25(19-22)43-24-8-9-24/h4-7,10,19-21,24,42H,8-9,11-18H2,1-3H3/t21?,31-/m1/s1. The summed E-state index contributed by atoms with van der Waals surface area (Å²) in [5, 5.41) is 11.3. The van der Waals surface area contributed by atoms with Crippen LogP contribution < -0.4 is 9.64 Å². The van der Waals surface area contributed by atoms with Crippen molar-refractivity contribution < 1.29 is 32.6 Å². The lowest BCUT2D eigenvalue weighted by Crippen LogP contribution is -2.55. The van der Waals surface area contributed by atoms with Crippen molar-refractivity contribution in [3.05, 3.63) is 58.6 Å². The number of alkyl halides is 3. The van der Waals surface area contributed by atoms with Gasteiger partial charge in [0.25, 0.3) is 17.4 Å². The van der Waals surface area contributed by atoms with Gasteiger partial charge in [-0.15, -0.1) is 0 Å². The molecular formula is C32H39ClF3N3O4. The van der Waals surface area contributed by atoms with E-state index in [0.29, 0.717) is 17.0 Å². The maximum absolute atomic E-state index is 14.3. The van der Waals surface area contributed by atoms with Crippen molar-refractivity contribution in [3.8, 4) is 5.75 Å². The molecule has 2 aliphatic carbocycles. The molecule has 1 N–H and O–H groups in total. The molecule has 1 spiro atoms. The van der Waals surface area contributed by atoms with Gasteiger partial charge in [-0.1, -0.05) is 23.7 Å². The number of likely N-dealkylation sites (N-methyl/N-ethyl adjacent to an activating group) is 1. The lowest BCUT2D eigenvalue weighted by molar-refractivity contribution is -0.261. The third-order valence-corrected chi connectivity index (χ3v) is 9.84. The van der Waals surface area contributed by atoms with Gasteiger partial charge in [0.05, 0.1) is 16.7 Å². The van der Waals surface area contributed by atoms with Gasteiger partial charge in [-0.25, -0.2) is 0 Å². The minimum atomic E-state index is -5.21. The van der Waals surface area contributed by atoms with E-state index < -0.39 is 23.2 Å². The number of nitrogens with zero attached hydrogens (tertiary/aromatic N) is 3. The van der Waals surface area contributed by atoms with Crippen LogP contribution in [0.5, 0.6) is 5.75 Å². The summed E-state index contributed by atoms with van der Waals surface area (Å²) < 4.78 is 48.5. The Hall–Kier alpha value is -2.98. The lowest BCUT2D eigenvalue weighted by atomic mass is 9.54. The van der Waals surface area contributed by atoms with Crippen molar-refractivity contribution in [3.63, 3.8) is 0 Å².